The molecule has 0 fully saturated rings. The number of halogens is 2. The van der Waals surface area contributed by atoms with Crippen molar-refractivity contribution in [1.29, 1.82) is 0 Å². The monoisotopic (exact) mass is 340 g/mol. The molecule has 0 bridgehead atoms. The zero-order valence-corrected chi connectivity index (χ0v) is 14.1. The predicted octanol–water partition coefficient (Wildman–Crippen LogP) is 3.44. The van der Waals surface area contributed by atoms with Gasteiger partial charge in [0.1, 0.15) is 11.4 Å². The lowest BCUT2D eigenvalue weighted by Crippen LogP contribution is -2.42. The first-order chi connectivity index (χ1) is 10.5. The molecule has 0 atom stereocenters. The Hall–Kier alpha value is -1.52. The lowest BCUT2D eigenvalue weighted by molar-refractivity contribution is 0.784. The molecule has 4 nitrogen and oxygen atoms in total. The lowest BCUT2D eigenvalue weighted by atomic mass is 10.1. The van der Waals surface area contributed by atoms with Crippen LogP contribution in [0.15, 0.2) is 27.8 Å². The number of hydrogen-bond donors (Lipinski definition) is 1. The zero-order valence-electron chi connectivity index (χ0n) is 12.6. The molecular weight excluding hydrogens is 323 g/mol. The van der Waals surface area contributed by atoms with Gasteiger partial charge in [0.25, 0.3) is 10.9 Å². The zero-order chi connectivity index (χ0) is 16.3. The maximum atomic E-state index is 11.8. The minimum Gasteiger partial charge on any atom is -0.376 e. The van der Waals surface area contributed by atoms with Crippen LogP contribution in [0, 0.1) is 0 Å². The van der Waals surface area contributed by atoms with Crippen LogP contribution in [0.2, 0.25) is 10.0 Å². The number of benzene rings is 1. The van der Waals surface area contributed by atoms with Gasteiger partial charge < -0.3 is 10.2 Å². The van der Waals surface area contributed by atoms with Crippen molar-refractivity contribution < 1.29 is 0 Å². The molecule has 1 N–H and O–H groups in total. The fraction of sp³-hybridized carbons (Fsp3) is 0.375. The van der Waals surface area contributed by atoms with Crippen LogP contribution in [0.4, 0.5) is 11.4 Å². The molecule has 0 amide bonds. The van der Waals surface area contributed by atoms with Crippen molar-refractivity contribution in [3.05, 3.63) is 54.3 Å². The van der Waals surface area contributed by atoms with E-state index in [0.717, 1.165) is 18.5 Å². The molecule has 118 valence electrons. The fourth-order valence-corrected chi connectivity index (χ4v) is 2.70. The Bertz CT molecular complexity index is 736. The first-order valence-corrected chi connectivity index (χ1v) is 8.01. The molecule has 0 saturated carbocycles. The second-order valence-electron chi connectivity index (χ2n) is 5.06. The van der Waals surface area contributed by atoms with E-state index in [0.29, 0.717) is 34.5 Å². The highest BCUT2D eigenvalue weighted by Gasteiger charge is 2.24. The first kappa shape index (κ1) is 16.8. The Morgan fingerprint density at radius 1 is 1.09 bits per heavy atom. The summed E-state index contributed by atoms with van der Waals surface area (Å²) in [6.45, 7) is 5.87. The van der Waals surface area contributed by atoms with Gasteiger partial charge >= 0.3 is 0 Å². The summed E-state index contributed by atoms with van der Waals surface area (Å²) in [4.78, 5) is 25.6. The summed E-state index contributed by atoms with van der Waals surface area (Å²) < 4.78 is 0. The summed E-state index contributed by atoms with van der Waals surface area (Å²) in [7, 11) is 0. The minimum atomic E-state index is -0.454. The highest BCUT2D eigenvalue weighted by atomic mass is 35.5. The molecule has 0 heterocycles. The average Bonchev–Trinajstić information content (AvgIpc) is 2.52. The van der Waals surface area contributed by atoms with Crippen LogP contribution in [0.25, 0.3) is 0 Å². The van der Waals surface area contributed by atoms with E-state index >= 15 is 0 Å². The lowest BCUT2D eigenvalue weighted by Gasteiger charge is -2.26. The summed E-state index contributed by atoms with van der Waals surface area (Å²) in [5, 5.41) is 4.00. The topological polar surface area (TPSA) is 49.4 Å². The molecule has 0 aliphatic rings. The molecule has 6 heteroatoms. The Labute approximate surface area is 139 Å². The standard InChI is InChI=1S/C16H18Cl2N2O2/c1-3-7-20(4-2)14-13(15(21)16(14)22)19-9-10-5-6-11(17)12(18)8-10/h5-6,8,19H,3-4,7,9H2,1-2H3. The molecule has 0 spiro atoms. The molecule has 0 aromatic heterocycles. The Kier molecular flexibility index (Phi) is 5.48. The smallest absolute Gasteiger partial charge is 0.253 e. The van der Waals surface area contributed by atoms with Crippen molar-refractivity contribution in [1.82, 2.24) is 0 Å². The van der Waals surface area contributed by atoms with Crippen molar-refractivity contribution in [3.8, 4) is 0 Å². The van der Waals surface area contributed by atoms with Crippen molar-refractivity contribution in [2.75, 3.05) is 23.3 Å². The van der Waals surface area contributed by atoms with Crippen LogP contribution in [-0.4, -0.2) is 13.1 Å². The van der Waals surface area contributed by atoms with Crippen LogP contribution >= 0.6 is 23.2 Å². The molecule has 0 unspecified atom stereocenters. The van der Waals surface area contributed by atoms with Crippen molar-refractivity contribution in [2.24, 2.45) is 0 Å². The van der Waals surface area contributed by atoms with Gasteiger partial charge in [-0.05, 0) is 31.0 Å². The summed E-state index contributed by atoms with van der Waals surface area (Å²) in [5.74, 6) is 0. The van der Waals surface area contributed by atoms with E-state index in [4.69, 9.17) is 23.2 Å². The van der Waals surface area contributed by atoms with Gasteiger partial charge in [0.2, 0.25) is 0 Å². The van der Waals surface area contributed by atoms with Gasteiger partial charge in [0.15, 0.2) is 0 Å². The van der Waals surface area contributed by atoms with Crippen LogP contribution in [0.5, 0.6) is 0 Å². The van der Waals surface area contributed by atoms with Crippen molar-refractivity contribution in [2.45, 2.75) is 26.8 Å². The normalized spacial score (nSPS) is 10.9. The van der Waals surface area contributed by atoms with Crippen LogP contribution in [0.1, 0.15) is 25.8 Å². The van der Waals surface area contributed by atoms with Crippen LogP contribution in [-0.2, 0) is 6.54 Å². The van der Waals surface area contributed by atoms with Gasteiger partial charge in [-0.15, -0.1) is 0 Å². The third-order valence-electron chi connectivity index (χ3n) is 3.53. The minimum absolute atomic E-state index is 0.395. The van der Waals surface area contributed by atoms with Gasteiger partial charge in [-0.2, -0.15) is 0 Å². The van der Waals surface area contributed by atoms with E-state index in [-0.39, 0.29) is 0 Å². The molecule has 0 aliphatic carbocycles. The van der Waals surface area contributed by atoms with Crippen LogP contribution in [0.3, 0.4) is 0 Å². The molecule has 2 rings (SSSR count). The largest absolute Gasteiger partial charge is 0.376 e. The highest BCUT2D eigenvalue weighted by Crippen LogP contribution is 2.24. The van der Waals surface area contributed by atoms with Gasteiger partial charge in [0, 0.05) is 19.6 Å². The highest BCUT2D eigenvalue weighted by molar-refractivity contribution is 6.42. The van der Waals surface area contributed by atoms with Gasteiger partial charge in [-0.3, -0.25) is 9.59 Å². The van der Waals surface area contributed by atoms with Crippen LogP contribution < -0.4 is 21.1 Å². The Morgan fingerprint density at radius 3 is 2.41 bits per heavy atom. The molecule has 0 saturated heterocycles. The van der Waals surface area contributed by atoms with Crippen molar-refractivity contribution >= 4 is 34.6 Å². The molecule has 0 aliphatic heterocycles. The molecule has 2 aromatic carbocycles. The number of nitrogens with zero attached hydrogens (tertiary/aromatic N) is 1. The van der Waals surface area contributed by atoms with E-state index in [1.54, 1.807) is 12.1 Å². The maximum absolute atomic E-state index is 11.8. The van der Waals surface area contributed by atoms with E-state index in [2.05, 4.69) is 5.32 Å². The van der Waals surface area contributed by atoms with Gasteiger partial charge in [0.05, 0.1) is 10.0 Å². The number of nitrogens with one attached hydrogen (secondary N) is 1. The fourth-order valence-electron chi connectivity index (χ4n) is 2.38. The van der Waals surface area contributed by atoms with E-state index in [1.807, 2.05) is 24.8 Å². The Balaban J connectivity index is 2.16. The van der Waals surface area contributed by atoms with E-state index in [1.165, 1.54) is 0 Å². The number of hydrogen-bond acceptors (Lipinski definition) is 4. The van der Waals surface area contributed by atoms with E-state index < -0.39 is 10.9 Å². The van der Waals surface area contributed by atoms with Crippen molar-refractivity contribution in [3.63, 3.8) is 0 Å². The quantitative estimate of drug-likeness (QED) is 0.784. The molecule has 2 aromatic rings. The molecule has 0 radical (unpaired) electrons. The van der Waals surface area contributed by atoms with Gasteiger partial charge in [-0.1, -0.05) is 36.2 Å². The second-order valence-corrected chi connectivity index (χ2v) is 5.88. The number of anilines is 2. The summed E-state index contributed by atoms with van der Waals surface area (Å²) in [5.41, 5.74) is 0.921. The summed E-state index contributed by atoms with van der Waals surface area (Å²) in [6, 6.07) is 5.28. The number of rotatable bonds is 7. The molecule has 22 heavy (non-hydrogen) atoms. The first-order valence-electron chi connectivity index (χ1n) is 7.25. The SMILES string of the molecule is CCCN(CC)c1c(NCc2ccc(Cl)c(Cl)c2)c(=O)c1=O. The summed E-state index contributed by atoms with van der Waals surface area (Å²) in [6.07, 6.45) is 0.916. The summed E-state index contributed by atoms with van der Waals surface area (Å²) >= 11 is 11.8. The average molecular weight is 341 g/mol. The molecular formula is C16H18Cl2N2O2. The third kappa shape index (κ3) is 3.28. The predicted molar refractivity (Wildman–Crippen MR) is 93.3 cm³/mol. The maximum Gasteiger partial charge on any atom is 0.253 e. The Morgan fingerprint density at radius 2 is 1.82 bits per heavy atom. The van der Waals surface area contributed by atoms with Gasteiger partial charge in [-0.25, -0.2) is 0 Å². The van der Waals surface area contributed by atoms with E-state index in [9.17, 15) is 9.59 Å². The second kappa shape index (κ2) is 7.16. The third-order valence-corrected chi connectivity index (χ3v) is 4.27.